The lowest BCUT2D eigenvalue weighted by Gasteiger charge is -2.36. The number of rotatable bonds is 6. The van der Waals surface area contributed by atoms with Gasteiger partial charge in [0.1, 0.15) is 0 Å². The van der Waals surface area contributed by atoms with Gasteiger partial charge in [-0.15, -0.1) is 0 Å². The van der Waals surface area contributed by atoms with Gasteiger partial charge in [-0.2, -0.15) is 5.26 Å². The van der Waals surface area contributed by atoms with Crippen molar-refractivity contribution in [1.82, 2.24) is 15.0 Å². The van der Waals surface area contributed by atoms with Crippen LogP contribution in [0, 0.1) is 11.3 Å². The highest BCUT2D eigenvalue weighted by atomic mass is 14.9. The molecule has 2 aromatic heterocycles. The molecular formula is C52H38N4. The lowest BCUT2D eigenvalue weighted by atomic mass is 9.67. The number of aromatic nitrogens is 3. The fraction of sp³-hybridized carbons (Fsp3) is 0.115. The number of pyridine rings is 1. The van der Waals surface area contributed by atoms with E-state index in [2.05, 4.69) is 138 Å². The van der Waals surface area contributed by atoms with Gasteiger partial charge in [-0.25, -0.2) is 9.97 Å². The lowest BCUT2D eigenvalue weighted by molar-refractivity contribution is 0.353. The van der Waals surface area contributed by atoms with Gasteiger partial charge in [0, 0.05) is 34.5 Å². The van der Waals surface area contributed by atoms with Crippen LogP contribution in [-0.4, -0.2) is 15.0 Å². The van der Waals surface area contributed by atoms with Crippen LogP contribution in [0.2, 0.25) is 0 Å². The second kappa shape index (κ2) is 14.0. The molecule has 0 unspecified atom stereocenters. The second-order valence-electron chi connectivity index (χ2n) is 15.1. The first-order valence-corrected chi connectivity index (χ1v) is 19.5. The van der Waals surface area contributed by atoms with Crippen molar-refractivity contribution in [3.63, 3.8) is 0 Å². The average Bonchev–Trinajstić information content (AvgIpc) is 3.54. The Morgan fingerprint density at radius 1 is 0.446 bits per heavy atom. The first kappa shape index (κ1) is 33.6. The van der Waals surface area contributed by atoms with Crippen molar-refractivity contribution in [2.24, 2.45) is 0 Å². The highest BCUT2D eigenvalue weighted by Crippen LogP contribution is 2.56. The Hall–Kier alpha value is -6.96. The third-order valence-electron chi connectivity index (χ3n) is 11.8. The molecule has 0 atom stereocenters. The minimum atomic E-state index is -0.00324. The minimum Gasteiger partial charge on any atom is -0.264 e. The molecular weight excluding hydrogens is 681 g/mol. The molecule has 6 aromatic carbocycles. The topological polar surface area (TPSA) is 62.5 Å². The maximum Gasteiger partial charge on any atom is 0.160 e. The number of nitriles is 1. The van der Waals surface area contributed by atoms with Crippen LogP contribution in [0.3, 0.4) is 0 Å². The smallest absolute Gasteiger partial charge is 0.160 e. The quantitative estimate of drug-likeness (QED) is 0.172. The van der Waals surface area contributed by atoms with E-state index in [-0.39, 0.29) is 5.41 Å². The van der Waals surface area contributed by atoms with E-state index in [0.717, 1.165) is 68.7 Å². The molecule has 56 heavy (non-hydrogen) atoms. The molecule has 2 heterocycles. The van der Waals surface area contributed by atoms with Gasteiger partial charge in [0.05, 0.1) is 23.0 Å². The summed E-state index contributed by atoms with van der Waals surface area (Å²) < 4.78 is 0. The molecule has 0 aliphatic heterocycles. The van der Waals surface area contributed by atoms with Gasteiger partial charge < -0.3 is 0 Å². The van der Waals surface area contributed by atoms with Crippen LogP contribution in [0.1, 0.15) is 48.8 Å². The minimum absolute atomic E-state index is 0.00324. The fourth-order valence-corrected chi connectivity index (χ4v) is 8.98. The molecule has 0 radical (unpaired) electrons. The molecule has 4 nitrogen and oxygen atoms in total. The Morgan fingerprint density at radius 2 is 1.02 bits per heavy atom. The Labute approximate surface area is 327 Å². The molecule has 2 aliphatic carbocycles. The van der Waals surface area contributed by atoms with E-state index in [9.17, 15) is 5.26 Å². The summed E-state index contributed by atoms with van der Waals surface area (Å²) in [6.07, 6.45) is 9.68. The second-order valence-corrected chi connectivity index (χ2v) is 15.1. The van der Waals surface area contributed by atoms with E-state index < -0.39 is 0 Å². The zero-order chi connectivity index (χ0) is 37.5. The van der Waals surface area contributed by atoms with Gasteiger partial charge in [0.2, 0.25) is 0 Å². The van der Waals surface area contributed by atoms with Crippen molar-refractivity contribution >= 4 is 0 Å². The number of hydrogen-bond donors (Lipinski definition) is 0. The molecule has 1 fully saturated rings. The largest absolute Gasteiger partial charge is 0.264 e. The highest BCUT2D eigenvalue weighted by molar-refractivity contribution is 5.85. The van der Waals surface area contributed by atoms with E-state index in [4.69, 9.17) is 9.97 Å². The molecule has 1 spiro atoms. The summed E-state index contributed by atoms with van der Waals surface area (Å²) in [5, 5.41) is 9.73. The highest BCUT2D eigenvalue weighted by Gasteiger charge is 2.44. The Morgan fingerprint density at radius 3 is 1.71 bits per heavy atom. The predicted octanol–water partition coefficient (Wildman–Crippen LogP) is 13.0. The number of fused-ring (bicyclic) bond motifs is 5. The molecule has 2 aliphatic rings. The van der Waals surface area contributed by atoms with Crippen molar-refractivity contribution in [1.29, 1.82) is 5.26 Å². The third kappa shape index (κ3) is 5.99. The van der Waals surface area contributed by atoms with E-state index in [1.807, 2.05) is 36.5 Å². The summed E-state index contributed by atoms with van der Waals surface area (Å²) in [6, 6.07) is 58.2. The summed E-state index contributed by atoms with van der Waals surface area (Å²) in [4.78, 5) is 14.4. The number of hydrogen-bond acceptors (Lipinski definition) is 4. The van der Waals surface area contributed by atoms with Crippen molar-refractivity contribution in [2.45, 2.75) is 37.5 Å². The van der Waals surface area contributed by atoms with Crippen molar-refractivity contribution in [3.8, 4) is 84.5 Å². The van der Waals surface area contributed by atoms with Crippen LogP contribution in [0.4, 0.5) is 0 Å². The fourth-order valence-electron chi connectivity index (χ4n) is 8.98. The first-order valence-electron chi connectivity index (χ1n) is 19.5. The Balaban J connectivity index is 0.977. The van der Waals surface area contributed by atoms with Crippen molar-refractivity contribution < 1.29 is 0 Å². The van der Waals surface area contributed by atoms with Gasteiger partial charge in [0.25, 0.3) is 0 Å². The predicted molar refractivity (Wildman–Crippen MR) is 226 cm³/mol. The van der Waals surface area contributed by atoms with E-state index in [1.165, 1.54) is 52.6 Å². The zero-order valence-corrected chi connectivity index (χ0v) is 31.0. The third-order valence-corrected chi connectivity index (χ3v) is 11.8. The van der Waals surface area contributed by atoms with Gasteiger partial charge in [-0.1, -0.05) is 141 Å². The van der Waals surface area contributed by atoms with Gasteiger partial charge in [-0.05, 0) is 105 Å². The lowest BCUT2D eigenvalue weighted by Crippen LogP contribution is -2.28. The summed E-state index contributed by atoms with van der Waals surface area (Å²) in [6.45, 7) is 0. The normalized spacial score (nSPS) is 13.8. The Bertz CT molecular complexity index is 2760. The number of nitrogens with zero attached hydrogens (tertiary/aromatic N) is 4. The standard InChI is InChI=1S/C52H38N4/c53-33-35-14-24-45-46-25-23-42(31-48(46)52(47(45)29-35)26-5-2-6-27-52)37-17-15-36(16-18-37)41-11-7-12-43(30-41)50-32-49(55-51(56-50)40-9-3-1-4-10-40)39-21-19-38(20-22-39)44-13-8-28-54-34-44/h1,3-4,7-25,28-32,34H,2,5-6,26-27H2. The SMILES string of the molecule is N#Cc1ccc2c(c1)C1(CCCCC1)c1cc(-c3ccc(-c4cccc(-c5cc(-c6ccc(-c7cccnc7)cc6)nc(-c6ccccc6)n5)c4)cc3)ccc1-2. The van der Waals surface area contributed by atoms with Crippen LogP contribution < -0.4 is 0 Å². The maximum absolute atomic E-state index is 9.73. The zero-order valence-electron chi connectivity index (χ0n) is 31.0. The van der Waals surface area contributed by atoms with Gasteiger partial charge in [0.15, 0.2) is 5.82 Å². The average molecular weight is 719 g/mol. The van der Waals surface area contributed by atoms with Crippen LogP contribution in [-0.2, 0) is 5.41 Å². The molecule has 0 N–H and O–H groups in total. The molecule has 4 heteroatoms. The summed E-state index contributed by atoms with van der Waals surface area (Å²) in [5.74, 6) is 0.696. The van der Waals surface area contributed by atoms with Crippen LogP contribution >= 0.6 is 0 Å². The van der Waals surface area contributed by atoms with Crippen LogP contribution in [0.15, 0.2) is 170 Å². The molecule has 1 saturated carbocycles. The molecule has 10 rings (SSSR count). The maximum atomic E-state index is 9.73. The summed E-state index contributed by atoms with van der Waals surface area (Å²) >= 11 is 0. The summed E-state index contributed by atoms with van der Waals surface area (Å²) in [7, 11) is 0. The first-order chi connectivity index (χ1) is 27.6. The molecule has 266 valence electrons. The van der Waals surface area contributed by atoms with Gasteiger partial charge in [-0.3, -0.25) is 4.98 Å². The molecule has 0 saturated heterocycles. The van der Waals surface area contributed by atoms with Crippen molar-refractivity contribution in [3.05, 3.63) is 187 Å². The van der Waals surface area contributed by atoms with E-state index in [0.29, 0.717) is 5.82 Å². The van der Waals surface area contributed by atoms with E-state index in [1.54, 1.807) is 6.20 Å². The molecule has 0 amide bonds. The summed E-state index contributed by atoms with van der Waals surface area (Å²) in [5.41, 5.74) is 17.9. The van der Waals surface area contributed by atoms with Crippen LogP contribution in [0.25, 0.3) is 78.4 Å². The van der Waals surface area contributed by atoms with Gasteiger partial charge >= 0.3 is 0 Å². The van der Waals surface area contributed by atoms with Crippen molar-refractivity contribution in [2.75, 3.05) is 0 Å². The molecule has 0 bridgehead atoms. The monoisotopic (exact) mass is 718 g/mol. The Kier molecular flexibility index (Phi) is 8.42. The molecule has 8 aromatic rings. The van der Waals surface area contributed by atoms with Crippen LogP contribution in [0.5, 0.6) is 0 Å². The number of benzene rings is 6. The van der Waals surface area contributed by atoms with E-state index >= 15 is 0 Å².